The first-order valence-electron chi connectivity index (χ1n) is 10.6. The normalized spacial score (nSPS) is 19.3. The van der Waals surface area contributed by atoms with Crippen LogP contribution in [-0.2, 0) is 17.8 Å². The summed E-state index contributed by atoms with van der Waals surface area (Å²) in [6.45, 7) is 6.62. The minimum atomic E-state index is -0.412. The standard InChI is InChI=1S/C25H29N3OS/c1-19(2)27-24(29)25(11-14-28(18-25)17-20-9-12-26-13-10-20)16-21-6-3-4-7-22(21)23-8-5-15-30-23/h3-10,12-13,15,19H,11,14,16-18H2,1-2H3,(H,27,29)/t25-/m1/s1. The van der Waals surface area contributed by atoms with Gasteiger partial charge in [-0.05, 0) is 73.5 Å². The van der Waals surface area contributed by atoms with Crippen LogP contribution in [0.1, 0.15) is 31.4 Å². The number of pyridine rings is 1. The molecule has 1 N–H and O–H groups in total. The Hall–Kier alpha value is -2.50. The van der Waals surface area contributed by atoms with Crippen molar-refractivity contribution in [1.29, 1.82) is 0 Å². The van der Waals surface area contributed by atoms with Gasteiger partial charge in [0.25, 0.3) is 0 Å². The Labute approximate surface area is 183 Å². The molecule has 1 aliphatic rings. The van der Waals surface area contributed by atoms with E-state index in [1.54, 1.807) is 11.3 Å². The number of benzene rings is 1. The van der Waals surface area contributed by atoms with Gasteiger partial charge in [-0.15, -0.1) is 11.3 Å². The lowest BCUT2D eigenvalue weighted by Crippen LogP contribution is -2.46. The van der Waals surface area contributed by atoms with Gasteiger partial charge in [-0.2, -0.15) is 0 Å². The number of amides is 1. The molecule has 1 saturated heterocycles. The summed E-state index contributed by atoms with van der Waals surface area (Å²) < 4.78 is 0. The Kier molecular flexibility index (Phi) is 6.30. The lowest BCUT2D eigenvalue weighted by atomic mass is 9.78. The van der Waals surface area contributed by atoms with Crippen LogP contribution < -0.4 is 5.32 Å². The SMILES string of the molecule is CC(C)NC(=O)[C@@]1(Cc2ccccc2-c2cccs2)CCN(Cc2ccncc2)C1. The fourth-order valence-corrected chi connectivity index (χ4v) is 5.16. The van der Waals surface area contributed by atoms with E-state index in [1.165, 1.54) is 21.6 Å². The van der Waals surface area contributed by atoms with E-state index in [9.17, 15) is 4.79 Å². The smallest absolute Gasteiger partial charge is 0.228 e. The van der Waals surface area contributed by atoms with Gasteiger partial charge in [0.05, 0.1) is 5.41 Å². The second kappa shape index (κ2) is 9.11. The van der Waals surface area contributed by atoms with E-state index in [0.717, 1.165) is 32.5 Å². The molecule has 0 saturated carbocycles. The minimum absolute atomic E-state index is 0.135. The summed E-state index contributed by atoms with van der Waals surface area (Å²) in [5, 5.41) is 5.32. The van der Waals surface area contributed by atoms with Gasteiger partial charge in [0.2, 0.25) is 5.91 Å². The molecular formula is C25H29N3OS. The van der Waals surface area contributed by atoms with E-state index in [4.69, 9.17) is 0 Å². The Bertz CT molecular complexity index is 971. The fourth-order valence-electron chi connectivity index (χ4n) is 4.38. The molecule has 5 heteroatoms. The van der Waals surface area contributed by atoms with E-state index >= 15 is 0 Å². The van der Waals surface area contributed by atoms with E-state index in [2.05, 4.69) is 69.1 Å². The molecular weight excluding hydrogens is 390 g/mol. The first-order valence-corrected chi connectivity index (χ1v) is 11.5. The van der Waals surface area contributed by atoms with Crippen LogP contribution in [-0.4, -0.2) is 34.9 Å². The number of nitrogens with one attached hydrogen (secondary N) is 1. The number of likely N-dealkylation sites (tertiary alicyclic amines) is 1. The zero-order valence-corrected chi connectivity index (χ0v) is 18.5. The highest BCUT2D eigenvalue weighted by Gasteiger charge is 2.45. The first kappa shape index (κ1) is 20.8. The van der Waals surface area contributed by atoms with Gasteiger partial charge in [-0.1, -0.05) is 30.3 Å². The molecule has 0 bridgehead atoms. The number of aromatic nitrogens is 1. The Morgan fingerprint density at radius 2 is 1.97 bits per heavy atom. The third-order valence-electron chi connectivity index (χ3n) is 5.82. The van der Waals surface area contributed by atoms with Crippen LogP contribution in [0.2, 0.25) is 0 Å². The summed E-state index contributed by atoms with van der Waals surface area (Å²) in [5.41, 5.74) is 3.33. The highest BCUT2D eigenvalue weighted by molar-refractivity contribution is 7.13. The number of hydrogen-bond donors (Lipinski definition) is 1. The highest BCUT2D eigenvalue weighted by atomic mass is 32.1. The average Bonchev–Trinajstić information content (AvgIpc) is 3.40. The molecule has 3 aromatic rings. The lowest BCUT2D eigenvalue weighted by Gasteiger charge is -2.30. The molecule has 1 fully saturated rings. The Morgan fingerprint density at radius 3 is 2.70 bits per heavy atom. The molecule has 1 atom stereocenters. The molecule has 1 amide bonds. The predicted molar refractivity (Wildman–Crippen MR) is 123 cm³/mol. The van der Waals surface area contributed by atoms with Gasteiger partial charge >= 0.3 is 0 Å². The van der Waals surface area contributed by atoms with Gasteiger partial charge in [0, 0.05) is 36.4 Å². The van der Waals surface area contributed by atoms with Gasteiger partial charge < -0.3 is 5.32 Å². The lowest BCUT2D eigenvalue weighted by molar-refractivity contribution is -0.131. The Balaban J connectivity index is 1.61. The van der Waals surface area contributed by atoms with E-state index in [-0.39, 0.29) is 11.9 Å². The monoisotopic (exact) mass is 419 g/mol. The maximum absolute atomic E-state index is 13.4. The minimum Gasteiger partial charge on any atom is -0.353 e. The topological polar surface area (TPSA) is 45.2 Å². The third-order valence-corrected chi connectivity index (χ3v) is 6.73. The second-order valence-electron chi connectivity index (χ2n) is 8.54. The first-order chi connectivity index (χ1) is 14.6. The maximum atomic E-state index is 13.4. The van der Waals surface area contributed by atoms with Crippen molar-refractivity contribution in [2.75, 3.05) is 13.1 Å². The summed E-state index contributed by atoms with van der Waals surface area (Å²) in [6, 6.07) is 17.0. The number of hydrogen-bond acceptors (Lipinski definition) is 4. The van der Waals surface area contributed by atoms with E-state index in [1.807, 2.05) is 26.2 Å². The van der Waals surface area contributed by atoms with Crippen LogP contribution in [0, 0.1) is 5.41 Å². The molecule has 156 valence electrons. The maximum Gasteiger partial charge on any atom is 0.228 e. The summed E-state index contributed by atoms with van der Waals surface area (Å²) in [4.78, 5) is 21.2. The van der Waals surface area contributed by atoms with Crippen molar-refractivity contribution < 1.29 is 4.79 Å². The van der Waals surface area contributed by atoms with Crippen molar-refractivity contribution in [3.8, 4) is 10.4 Å². The fraction of sp³-hybridized carbons (Fsp3) is 0.360. The molecule has 3 heterocycles. The number of nitrogens with zero attached hydrogens (tertiary/aromatic N) is 2. The van der Waals surface area contributed by atoms with Crippen molar-refractivity contribution in [3.63, 3.8) is 0 Å². The number of carbonyl (C=O) groups excluding carboxylic acids is 1. The number of rotatable bonds is 7. The van der Waals surface area contributed by atoms with Crippen molar-refractivity contribution in [2.24, 2.45) is 5.41 Å². The van der Waals surface area contributed by atoms with Crippen molar-refractivity contribution in [1.82, 2.24) is 15.2 Å². The quantitative estimate of drug-likeness (QED) is 0.600. The molecule has 1 aliphatic heterocycles. The van der Waals surface area contributed by atoms with Gasteiger partial charge in [0.15, 0.2) is 0 Å². The van der Waals surface area contributed by atoms with Crippen LogP contribution in [0.5, 0.6) is 0 Å². The molecule has 4 rings (SSSR count). The van der Waals surface area contributed by atoms with Crippen LogP contribution in [0.15, 0.2) is 66.3 Å². The molecule has 1 aromatic carbocycles. The van der Waals surface area contributed by atoms with Crippen molar-refractivity contribution >= 4 is 17.2 Å². The summed E-state index contributed by atoms with van der Waals surface area (Å²) in [6.07, 6.45) is 5.30. The molecule has 0 aliphatic carbocycles. The molecule has 0 radical (unpaired) electrons. The van der Waals surface area contributed by atoms with Gasteiger partial charge in [-0.25, -0.2) is 0 Å². The largest absolute Gasteiger partial charge is 0.353 e. The summed E-state index contributed by atoms with van der Waals surface area (Å²) in [7, 11) is 0. The number of carbonyl (C=O) groups is 1. The van der Waals surface area contributed by atoms with Crippen LogP contribution in [0.3, 0.4) is 0 Å². The number of thiophene rings is 1. The Morgan fingerprint density at radius 1 is 1.17 bits per heavy atom. The van der Waals surface area contributed by atoms with E-state index < -0.39 is 5.41 Å². The van der Waals surface area contributed by atoms with Crippen molar-refractivity contribution in [2.45, 2.75) is 39.3 Å². The zero-order chi connectivity index (χ0) is 21.0. The molecule has 30 heavy (non-hydrogen) atoms. The summed E-state index contributed by atoms with van der Waals surface area (Å²) >= 11 is 1.75. The van der Waals surface area contributed by atoms with Gasteiger partial charge in [0.1, 0.15) is 0 Å². The van der Waals surface area contributed by atoms with Gasteiger partial charge in [-0.3, -0.25) is 14.7 Å². The van der Waals surface area contributed by atoms with Crippen LogP contribution >= 0.6 is 11.3 Å². The second-order valence-corrected chi connectivity index (χ2v) is 9.48. The van der Waals surface area contributed by atoms with Crippen LogP contribution in [0.4, 0.5) is 0 Å². The zero-order valence-electron chi connectivity index (χ0n) is 17.7. The molecule has 4 nitrogen and oxygen atoms in total. The molecule has 2 aromatic heterocycles. The van der Waals surface area contributed by atoms with Crippen LogP contribution in [0.25, 0.3) is 10.4 Å². The summed E-state index contributed by atoms with van der Waals surface area (Å²) in [5.74, 6) is 0.177. The van der Waals surface area contributed by atoms with E-state index in [0.29, 0.717) is 0 Å². The molecule has 0 unspecified atom stereocenters. The molecule has 0 spiro atoms. The van der Waals surface area contributed by atoms with Crippen molar-refractivity contribution in [3.05, 3.63) is 77.4 Å². The predicted octanol–water partition coefficient (Wildman–Crippen LogP) is 4.77. The third kappa shape index (κ3) is 4.63. The average molecular weight is 420 g/mol. The highest BCUT2D eigenvalue weighted by Crippen LogP contribution is 2.39.